The minimum atomic E-state index is -0.629. The number of nitrogens with zero attached hydrogens (tertiary/aromatic N) is 1. The van der Waals surface area contributed by atoms with Gasteiger partial charge in [-0.05, 0) is 62.2 Å². The summed E-state index contributed by atoms with van der Waals surface area (Å²) in [5.74, 6) is 1.16. The van der Waals surface area contributed by atoms with Crippen molar-refractivity contribution in [3.05, 3.63) is 60.3 Å². The predicted molar refractivity (Wildman–Crippen MR) is 107 cm³/mol. The predicted octanol–water partition coefficient (Wildman–Crippen LogP) is 4.60. The number of pyridine rings is 1. The number of hydrogen-bond acceptors (Lipinski definition) is 4. The fourth-order valence-electron chi connectivity index (χ4n) is 2.82. The lowest BCUT2D eigenvalue weighted by Gasteiger charge is -2.16. The number of aryl methyl sites for hydroxylation is 1. The first-order valence-electron chi connectivity index (χ1n) is 9.19. The molecule has 1 atom stereocenters. The van der Waals surface area contributed by atoms with E-state index in [1.54, 1.807) is 13.1 Å². The molecule has 140 valence electrons. The number of fused-ring (bicyclic) bond motifs is 1. The number of ether oxygens (including phenoxy) is 2. The Bertz CT molecular complexity index is 922. The van der Waals surface area contributed by atoms with E-state index in [4.69, 9.17) is 9.47 Å². The van der Waals surface area contributed by atoms with Crippen LogP contribution < -0.4 is 14.8 Å². The summed E-state index contributed by atoms with van der Waals surface area (Å²) in [6.07, 6.45) is 2.05. The van der Waals surface area contributed by atoms with Gasteiger partial charge in [-0.1, -0.05) is 19.1 Å². The molecule has 5 heteroatoms. The molecule has 0 aliphatic carbocycles. The molecule has 27 heavy (non-hydrogen) atoms. The van der Waals surface area contributed by atoms with Crippen LogP contribution in [0.1, 0.15) is 26.3 Å². The largest absolute Gasteiger partial charge is 0.492 e. The van der Waals surface area contributed by atoms with Crippen LogP contribution in [0.3, 0.4) is 0 Å². The summed E-state index contributed by atoms with van der Waals surface area (Å²) in [6, 6.07) is 15.2. The molecule has 0 saturated carbocycles. The van der Waals surface area contributed by atoms with Crippen molar-refractivity contribution in [3.63, 3.8) is 0 Å². The van der Waals surface area contributed by atoms with Crippen LogP contribution in [0.5, 0.6) is 11.5 Å². The Balaban J connectivity index is 1.75. The molecule has 0 radical (unpaired) electrons. The molecular formula is C22H24N2O3. The number of carbonyl (C=O) groups is 1. The van der Waals surface area contributed by atoms with E-state index in [9.17, 15) is 4.79 Å². The van der Waals surface area contributed by atoms with Crippen molar-refractivity contribution >= 4 is 22.5 Å². The number of carbonyl (C=O) groups excluding carboxylic acids is 1. The maximum atomic E-state index is 12.6. The van der Waals surface area contributed by atoms with Gasteiger partial charge in [-0.15, -0.1) is 0 Å². The highest BCUT2D eigenvalue weighted by molar-refractivity contribution is 6.04. The number of amides is 1. The lowest BCUT2D eigenvalue weighted by molar-refractivity contribution is -0.122. The molecule has 1 heterocycles. The topological polar surface area (TPSA) is 60.5 Å². The van der Waals surface area contributed by atoms with Crippen LogP contribution in [0.4, 0.5) is 5.69 Å². The van der Waals surface area contributed by atoms with Crippen LogP contribution in [0.15, 0.2) is 54.7 Å². The Labute approximate surface area is 159 Å². The molecule has 3 aromatic rings. The highest BCUT2D eigenvalue weighted by Gasteiger charge is 2.17. The Morgan fingerprint density at radius 1 is 1.11 bits per heavy atom. The van der Waals surface area contributed by atoms with E-state index in [0.29, 0.717) is 23.8 Å². The average molecular weight is 364 g/mol. The second kappa shape index (κ2) is 8.54. The molecule has 0 unspecified atom stereocenters. The summed E-state index contributed by atoms with van der Waals surface area (Å²) in [4.78, 5) is 17.0. The number of benzene rings is 2. The van der Waals surface area contributed by atoms with Gasteiger partial charge in [-0.3, -0.25) is 9.78 Å². The number of nitrogens with one attached hydrogen (secondary N) is 1. The average Bonchev–Trinajstić information content (AvgIpc) is 2.70. The molecule has 0 saturated heterocycles. The molecule has 0 fully saturated rings. The highest BCUT2D eigenvalue weighted by Crippen LogP contribution is 2.30. The zero-order chi connectivity index (χ0) is 19.2. The van der Waals surface area contributed by atoms with Crippen molar-refractivity contribution in [3.8, 4) is 11.5 Å². The second-order valence-electron chi connectivity index (χ2n) is 6.19. The minimum absolute atomic E-state index is 0.219. The SMILES string of the molecule is CCOc1ccc(NC(=O)[C@H](C)Oc2ccc(CC)cc2)c2cccnc12. The maximum absolute atomic E-state index is 12.6. The molecule has 0 bridgehead atoms. The van der Waals surface area contributed by atoms with Gasteiger partial charge in [0.2, 0.25) is 0 Å². The molecule has 0 spiro atoms. The summed E-state index contributed by atoms with van der Waals surface area (Å²) < 4.78 is 11.4. The van der Waals surface area contributed by atoms with Crippen molar-refractivity contribution in [2.45, 2.75) is 33.3 Å². The van der Waals surface area contributed by atoms with Crippen LogP contribution in [-0.2, 0) is 11.2 Å². The third-order valence-corrected chi connectivity index (χ3v) is 4.30. The summed E-state index contributed by atoms with van der Waals surface area (Å²) in [6.45, 7) is 6.32. The molecule has 3 rings (SSSR count). The molecule has 1 amide bonds. The van der Waals surface area contributed by atoms with Gasteiger partial charge < -0.3 is 14.8 Å². The van der Waals surface area contributed by atoms with Crippen LogP contribution in [-0.4, -0.2) is 23.6 Å². The van der Waals surface area contributed by atoms with Crippen LogP contribution in [0.2, 0.25) is 0 Å². The lowest BCUT2D eigenvalue weighted by atomic mass is 10.1. The summed E-state index contributed by atoms with van der Waals surface area (Å²) in [5.41, 5.74) is 2.64. The first kappa shape index (κ1) is 18.7. The van der Waals surface area contributed by atoms with Crippen molar-refractivity contribution in [1.82, 2.24) is 4.98 Å². The number of anilines is 1. The number of aromatic nitrogens is 1. The van der Waals surface area contributed by atoms with Gasteiger partial charge in [0.1, 0.15) is 17.0 Å². The van der Waals surface area contributed by atoms with Gasteiger partial charge in [0, 0.05) is 11.6 Å². The number of rotatable bonds is 7. The van der Waals surface area contributed by atoms with Gasteiger partial charge in [-0.2, -0.15) is 0 Å². The quantitative estimate of drug-likeness (QED) is 0.665. The fourth-order valence-corrected chi connectivity index (χ4v) is 2.82. The molecular weight excluding hydrogens is 340 g/mol. The smallest absolute Gasteiger partial charge is 0.265 e. The van der Waals surface area contributed by atoms with Gasteiger partial charge in [0.25, 0.3) is 5.91 Å². The third kappa shape index (κ3) is 4.37. The fraction of sp³-hybridized carbons (Fsp3) is 0.273. The van der Waals surface area contributed by atoms with E-state index in [1.807, 2.05) is 55.5 Å². The van der Waals surface area contributed by atoms with E-state index < -0.39 is 6.10 Å². The zero-order valence-electron chi connectivity index (χ0n) is 15.9. The number of hydrogen-bond donors (Lipinski definition) is 1. The highest BCUT2D eigenvalue weighted by atomic mass is 16.5. The van der Waals surface area contributed by atoms with Gasteiger partial charge in [0.05, 0.1) is 12.3 Å². The molecule has 1 N–H and O–H groups in total. The van der Waals surface area contributed by atoms with Crippen molar-refractivity contribution in [1.29, 1.82) is 0 Å². The standard InChI is InChI=1S/C22H24N2O3/c1-4-16-8-10-17(11-9-16)27-15(3)22(25)24-19-12-13-20(26-5-2)21-18(19)7-6-14-23-21/h6-15H,4-5H2,1-3H3,(H,24,25)/t15-/m0/s1. The van der Waals surface area contributed by atoms with E-state index in [2.05, 4.69) is 17.2 Å². The van der Waals surface area contributed by atoms with E-state index in [0.717, 1.165) is 17.3 Å². The third-order valence-electron chi connectivity index (χ3n) is 4.30. The maximum Gasteiger partial charge on any atom is 0.265 e. The van der Waals surface area contributed by atoms with Crippen molar-refractivity contribution in [2.24, 2.45) is 0 Å². The van der Waals surface area contributed by atoms with Crippen LogP contribution in [0.25, 0.3) is 10.9 Å². The molecule has 0 aliphatic rings. The van der Waals surface area contributed by atoms with Crippen molar-refractivity contribution < 1.29 is 14.3 Å². The zero-order valence-corrected chi connectivity index (χ0v) is 15.9. The van der Waals surface area contributed by atoms with Gasteiger partial charge in [0.15, 0.2) is 6.10 Å². The summed E-state index contributed by atoms with van der Waals surface area (Å²) in [5, 5.41) is 3.77. The Hall–Kier alpha value is -3.08. The summed E-state index contributed by atoms with van der Waals surface area (Å²) >= 11 is 0. The Morgan fingerprint density at radius 2 is 1.89 bits per heavy atom. The Morgan fingerprint density at radius 3 is 2.59 bits per heavy atom. The normalized spacial score (nSPS) is 11.8. The second-order valence-corrected chi connectivity index (χ2v) is 6.19. The Kier molecular flexibility index (Phi) is 5.91. The molecule has 0 aliphatic heterocycles. The van der Waals surface area contributed by atoms with E-state index >= 15 is 0 Å². The summed E-state index contributed by atoms with van der Waals surface area (Å²) in [7, 11) is 0. The molecule has 2 aromatic carbocycles. The minimum Gasteiger partial charge on any atom is -0.492 e. The van der Waals surface area contributed by atoms with Crippen LogP contribution >= 0.6 is 0 Å². The van der Waals surface area contributed by atoms with Gasteiger partial charge in [-0.25, -0.2) is 0 Å². The van der Waals surface area contributed by atoms with E-state index in [1.165, 1.54) is 5.56 Å². The monoisotopic (exact) mass is 364 g/mol. The first-order valence-corrected chi connectivity index (χ1v) is 9.19. The van der Waals surface area contributed by atoms with Gasteiger partial charge >= 0.3 is 0 Å². The lowest BCUT2D eigenvalue weighted by Crippen LogP contribution is -2.30. The van der Waals surface area contributed by atoms with E-state index in [-0.39, 0.29) is 5.91 Å². The van der Waals surface area contributed by atoms with Crippen molar-refractivity contribution in [2.75, 3.05) is 11.9 Å². The van der Waals surface area contributed by atoms with Crippen LogP contribution in [0, 0.1) is 0 Å². The molecule has 1 aromatic heterocycles. The molecule has 5 nitrogen and oxygen atoms in total. The first-order chi connectivity index (χ1) is 13.1.